The first kappa shape index (κ1) is 12.3. The highest BCUT2D eigenvalue weighted by molar-refractivity contribution is 5.35. The first-order valence-electron chi connectivity index (χ1n) is 6.03. The van der Waals surface area contributed by atoms with Gasteiger partial charge in [0, 0.05) is 12.8 Å². The summed E-state index contributed by atoms with van der Waals surface area (Å²) in [6.45, 7) is 1.87. The Morgan fingerprint density at radius 1 is 1.35 bits per heavy atom. The van der Waals surface area contributed by atoms with Crippen LogP contribution in [0.4, 0.5) is 4.39 Å². The standard InChI is InChI=1S/C13H18FNO2/c14-12-3-1-2-10(4-7-15)13(12)17-11-5-8-16-9-6-11/h1-3,11H,4-9,15H2. The lowest BCUT2D eigenvalue weighted by Gasteiger charge is -2.24. The van der Waals surface area contributed by atoms with Crippen LogP contribution in [0.15, 0.2) is 18.2 Å². The highest BCUT2D eigenvalue weighted by Gasteiger charge is 2.18. The first-order valence-corrected chi connectivity index (χ1v) is 6.03. The van der Waals surface area contributed by atoms with E-state index in [1.807, 2.05) is 6.07 Å². The summed E-state index contributed by atoms with van der Waals surface area (Å²) in [6.07, 6.45) is 2.32. The smallest absolute Gasteiger partial charge is 0.165 e. The van der Waals surface area contributed by atoms with Crippen LogP contribution in [0, 0.1) is 5.82 Å². The number of benzene rings is 1. The maximum absolute atomic E-state index is 13.7. The van der Waals surface area contributed by atoms with Crippen LogP contribution in [-0.2, 0) is 11.2 Å². The van der Waals surface area contributed by atoms with Crippen LogP contribution < -0.4 is 10.5 Å². The van der Waals surface area contributed by atoms with Gasteiger partial charge in [0.05, 0.1) is 13.2 Å². The third-order valence-corrected chi connectivity index (χ3v) is 2.92. The molecule has 0 aromatic heterocycles. The molecule has 0 saturated carbocycles. The minimum Gasteiger partial charge on any atom is -0.487 e. The third kappa shape index (κ3) is 3.17. The van der Waals surface area contributed by atoms with E-state index in [0.29, 0.717) is 31.9 Å². The Balaban J connectivity index is 2.12. The van der Waals surface area contributed by atoms with E-state index in [4.69, 9.17) is 15.2 Å². The molecular formula is C13H18FNO2. The summed E-state index contributed by atoms with van der Waals surface area (Å²) in [5.74, 6) is 0.0623. The molecule has 1 aromatic carbocycles. The van der Waals surface area contributed by atoms with Crippen LogP contribution in [0.3, 0.4) is 0 Å². The number of hydrogen-bond donors (Lipinski definition) is 1. The van der Waals surface area contributed by atoms with E-state index in [1.54, 1.807) is 6.07 Å². The highest BCUT2D eigenvalue weighted by atomic mass is 19.1. The average molecular weight is 239 g/mol. The zero-order chi connectivity index (χ0) is 12.1. The molecule has 1 heterocycles. The topological polar surface area (TPSA) is 44.5 Å². The highest BCUT2D eigenvalue weighted by Crippen LogP contribution is 2.26. The summed E-state index contributed by atoms with van der Waals surface area (Å²) in [7, 11) is 0. The van der Waals surface area contributed by atoms with Gasteiger partial charge >= 0.3 is 0 Å². The van der Waals surface area contributed by atoms with E-state index < -0.39 is 0 Å². The van der Waals surface area contributed by atoms with Crippen LogP contribution >= 0.6 is 0 Å². The predicted octanol–water partition coefficient (Wildman–Crippen LogP) is 1.88. The number of hydrogen-bond acceptors (Lipinski definition) is 3. The van der Waals surface area contributed by atoms with Crippen LogP contribution in [-0.4, -0.2) is 25.9 Å². The van der Waals surface area contributed by atoms with E-state index >= 15 is 0 Å². The average Bonchev–Trinajstić information content (AvgIpc) is 2.35. The van der Waals surface area contributed by atoms with Crippen molar-refractivity contribution in [2.24, 2.45) is 5.73 Å². The van der Waals surface area contributed by atoms with Crippen molar-refractivity contribution < 1.29 is 13.9 Å². The van der Waals surface area contributed by atoms with Crippen LogP contribution in [0.5, 0.6) is 5.75 Å². The van der Waals surface area contributed by atoms with Gasteiger partial charge in [-0.1, -0.05) is 12.1 Å². The van der Waals surface area contributed by atoms with Gasteiger partial charge in [0.1, 0.15) is 6.10 Å². The maximum atomic E-state index is 13.7. The minimum absolute atomic E-state index is 0.0529. The molecule has 0 atom stereocenters. The molecule has 0 bridgehead atoms. The van der Waals surface area contributed by atoms with Gasteiger partial charge in [-0.05, 0) is 24.6 Å². The van der Waals surface area contributed by atoms with Crippen molar-refractivity contribution in [3.05, 3.63) is 29.6 Å². The molecule has 4 heteroatoms. The number of para-hydroxylation sites is 1. The molecule has 94 valence electrons. The second kappa shape index (κ2) is 5.98. The summed E-state index contributed by atoms with van der Waals surface area (Å²) in [4.78, 5) is 0. The van der Waals surface area contributed by atoms with Gasteiger partial charge < -0.3 is 15.2 Å². The number of ether oxygens (including phenoxy) is 2. The molecule has 1 aliphatic heterocycles. The van der Waals surface area contributed by atoms with Gasteiger partial charge in [0.2, 0.25) is 0 Å². The Morgan fingerprint density at radius 2 is 2.12 bits per heavy atom. The molecule has 1 aliphatic rings. The Labute approximate surface area is 101 Å². The lowest BCUT2D eigenvalue weighted by Crippen LogP contribution is -2.26. The Kier molecular flexibility index (Phi) is 4.34. The molecule has 0 amide bonds. The Hall–Kier alpha value is -1.13. The molecule has 3 nitrogen and oxygen atoms in total. The summed E-state index contributed by atoms with van der Waals surface area (Å²) < 4.78 is 24.7. The van der Waals surface area contributed by atoms with E-state index in [-0.39, 0.29) is 11.9 Å². The van der Waals surface area contributed by atoms with Gasteiger partial charge in [-0.25, -0.2) is 4.39 Å². The number of halogens is 1. The van der Waals surface area contributed by atoms with E-state index in [0.717, 1.165) is 18.4 Å². The zero-order valence-corrected chi connectivity index (χ0v) is 9.82. The van der Waals surface area contributed by atoms with Crippen LogP contribution in [0.2, 0.25) is 0 Å². The van der Waals surface area contributed by atoms with Gasteiger partial charge in [0.25, 0.3) is 0 Å². The second-order valence-corrected chi connectivity index (χ2v) is 4.20. The van der Waals surface area contributed by atoms with Crippen molar-refractivity contribution in [2.45, 2.75) is 25.4 Å². The second-order valence-electron chi connectivity index (χ2n) is 4.20. The van der Waals surface area contributed by atoms with Crippen LogP contribution in [0.1, 0.15) is 18.4 Å². The predicted molar refractivity (Wildman–Crippen MR) is 63.6 cm³/mol. The molecule has 0 radical (unpaired) electrons. The molecule has 0 aliphatic carbocycles. The third-order valence-electron chi connectivity index (χ3n) is 2.92. The molecule has 1 fully saturated rings. The lowest BCUT2D eigenvalue weighted by molar-refractivity contribution is 0.0236. The van der Waals surface area contributed by atoms with Crippen molar-refractivity contribution in [3.8, 4) is 5.75 Å². The van der Waals surface area contributed by atoms with E-state index in [1.165, 1.54) is 6.07 Å². The summed E-state index contributed by atoms with van der Waals surface area (Å²) in [5, 5.41) is 0. The maximum Gasteiger partial charge on any atom is 0.165 e. The molecular weight excluding hydrogens is 221 g/mol. The Morgan fingerprint density at radius 3 is 2.82 bits per heavy atom. The van der Waals surface area contributed by atoms with Gasteiger partial charge in [-0.3, -0.25) is 0 Å². The van der Waals surface area contributed by atoms with Gasteiger partial charge in [-0.2, -0.15) is 0 Å². The number of nitrogens with two attached hydrogens (primary N) is 1. The van der Waals surface area contributed by atoms with E-state index in [9.17, 15) is 4.39 Å². The van der Waals surface area contributed by atoms with Gasteiger partial charge in [0.15, 0.2) is 11.6 Å². The fourth-order valence-electron chi connectivity index (χ4n) is 2.00. The summed E-state index contributed by atoms with van der Waals surface area (Å²) in [6, 6.07) is 4.98. The monoisotopic (exact) mass is 239 g/mol. The summed E-state index contributed by atoms with van der Waals surface area (Å²) >= 11 is 0. The van der Waals surface area contributed by atoms with Crippen molar-refractivity contribution in [2.75, 3.05) is 19.8 Å². The number of rotatable bonds is 4. The largest absolute Gasteiger partial charge is 0.487 e. The van der Waals surface area contributed by atoms with Crippen molar-refractivity contribution in [1.82, 2.24) is 0 Å². The van der Waals surface area contributed by atoms with Crippen molar-refractivity contribution in [3.63, 3.8) is 0 Å². The minimum atomic E-state index is -0.303. The van der Waals surface area contributed by atoms with Gasteiger partial charge in [-0.15, -0.1) is 0 Å². The van der Waals surface area contributed by atoms with E-state index in [2.05, 4.69) is 0 Å². The fourth-order valence-corrected chi connectivity index (χ4v) is 2.00. The molecule has 0 spiro atoms. The van der Waals surface area contributed by atoms with Crippen molar-refractivity contribution >= 4 is 0 Å². The van der Waals surface area contributed by atoms with Crippen LogP contribution in [0.25, 0.3) is 0 Å². The SMILES string of the molecule is NCCc1cccc(F)c1OC1CCOCC1. The molecule has 17 heavy (non-hydrogen) atoms. The molecule has 1 aromatic rings. The lowest BCUT2D eigenvalue weighted by atomic mass is 10.1. The Bertz CT molecular complexity index is 364. The quantitative estimate of drug-likeness (QED) is 0.872. The first-order chi connectivity index (χ1) is 8.31. The van der Waals surface area contributed by atoms with Crippen molar-refractivity contribution in [1.29, 1.82) is 0 Å². The normalized spacial score (nSPS) is 17.1. The fraction of sp³-hybridized carbons (Fsp3) is 0.538. The zero-order valence-electron chi connectivity index (χ0n) is 9.82. The molecule has 0 unspecified atom stereocenters. The summed E-state index contributed by atoms with van der Waals surface area (Å²) in [5.41, 5.74) is 6.36. The molecule has 2 rings (SSSR count). The molecule has 2 N–H and O–H groups in total. The molecule has 1 saturated heterocycles.